The monoisotopic (exact) mass is 298 g/mol. The number of hydrogen-bond acceptors (Lipinski definition) is 3. The Bertz CT molecular complexity index is 768. The van der Waals surface area contributed by atoms with Gasteiger partial charge in [-0.3, -0.25) is 4.98 Å². The van der Waals surface area contributed by atoms with Gasteiger partial charge in [-0.1, -0.05) is 0 Å². The van der Waals surface area contributed by atoms with E-state index in [2.05, 4.69) is 19.4 Å². The summed E-state index contributed by atoms with van der Waals surface area (Å²) in [6.07, 6.45) is 6.56. The van der Waals surface area contributed by atoms with Crippen LogP contribution in [0, 0.1) is 12.7 Å². The average Bonchev–Trinajstić information content (AvgIpc) is 3.00. The highest BCUT2D eigenvalue weighted by Crippen LogP contribution is 2.26. The third-order valence-corrected chi connectivity index (χ3v) is 3.76. The predicted octanol–water partition coefficient (Wildman–Crippen LogP) is 3.41. The lowest BCUT2D eigenvalue weighted by atomic mass is 10.1. The molecule has 0 N–H and O–H groups in total. The van der Waals surface area contributed by atoms with Crippen LogP contribution >= 0.6 is 0 Å². The van der Waals surface area contributed by atoms with Crippen molar-refractivity contribution in [1.82, 2.24) is 14.5 Å². The smallest absolute Gasteiger partial charge is 0.124 e. The molecule has 1 aromatic carbocycles. The summed E-state index contributed by atoms with van der Waals surface area (Å²) >= 11 is 0. The standard InChI is InChI=1S/C17H19FN4/c1-13-10-17(15-11-14(18)4-5-16(15)20-13)21(2)7-3-8-22-9-6-19-12-22/h4-6,9-12H,3,7-8H2,1-2H3. The Hall–Kier alpha value is -2.43. The fourth-order valence-corrected chi connectivity index (χ4v) is 2.65. The maximum absolute atomic E-state index is 13.6. The van der Waals surface area contributed by atoms with Gasteiger partial charge in [-0.15, -0.1) is 0 Å². The highest BCUT2D eigenvalue weighted by molar-refractivity contribution is 5.91. The average molecular weight is 298 g/mol. The van der Waals surface area contributed by atoms with Gasteiger partial charge in [0.05, 0.1) is 11.8 Å². The van der Waals surface area contributed by atoms with Crippen molar-refractivity contribution < 1.29 is 4.39 Å². The highest BCUT2D eigenvalue weighted by atomic mass is 19.1. The van der Waals surface area contributed by atoms with Crippen molar-refractivity contribution in [1.29, 1.82) is 0 Å². The number of anilines is 1. The summed E-state index contributed by atoms with van der Waals surface area (Å²) in [6, 6.07) is 6.76. The molecule has 0 fully saturated rings. The zero-order valence-corrected chi connectivity index (χ0v) is 12.8. The summed E-state index contributed by atoms with van der Waals surface area (Å²) in [7, 11) is 2.03. The molecule has 0 bridgehead atoms. The number of imidazole rings is 1. The maximum atomic E-state index is 13.6. The lowest BCUT2D eigenvalue weighted by Gasteiger charge is -2.21. The second-order valence-corrected chi connectivity index (χ2v) is 5.52. The van der Waals surface area contributed by atoms with Crippen LogP contribution in [0.2, 0.25) is 0 Å². The number of benzene rings is 1. The minimum Gasteiger partial charge on any atom is -0.374 e. The second kappa shape index (κ2) is 6.13. The summed E-state index contributed by atoms with van der Waals surface area (Å²) in [5.41, 5.74) is 2.79. The van der Waals surface area contributed by atoms with Crippen LogP contribution in [0.5, 0.6) is 0 Å². The zero-order chi connectivity index (χ0) is 15.5. The normalized spacial score (nSPS) is 11.0. The largest absolute Gasteiger partial charge is 0.374 e. The van der Waals surface area contributed by atoms with Gasteiger partial charge in [0.2, 0.25) is 0 Å². The fourth-order valence-electron chi connectivity index (χ4n) is 2.65. The minimum atomic E-state index is -0.230. The number of rotatable bonds is 5. The number of fused-ring (bicyclic) bond motifs is 1. The zero-order valence-electron chi connectivity index (χ0n) is 12.8. The van der Waals surface area contributed by atoms with Crippen molar-refractivity contribution in [2.45, 2.75) is 19.9 Å². The molecule has 0 aliphatic carbocycles. The molecule has 0 aliphatic rings. The van der Waals surface area contributed by atoms with E-state index in [0.717, 1.165) is 41.8 Å². The third-order valence-electron chi connectivity index (χ3n) is 3.76. The van der Waals surface area contributed by atoms with Gasteiger partial charge in [0, 0.05) is 49.3 Å². The number of aromatic nitrogens is 3. The molecule has 4 nitrogen and oxygen atoms in total. The van der Waals surface area contributed by atoms with Crippen LogP contribution in [0.15, 0.2) is 43.0 Å². The van der Waals surface area contributed by atoms with Crippen LogP contribution in [-0.4, -0.2) is 28.1 Å². The molecule has 2 heterocycles. The van der Waals surface area contributed by atoms with Crippen molar-refractivity contribution in [3.63, 3.8) is 0 Å². The maximum Gasteiger partial charge on any atom is 0.124 e. The Morgan fingerprint density at radius 3 is 2.91 bits per heavy atom. The van der Waals surface area contributed by atoms with Crippen molar-refractivity contribution in [3.05, 3.63) is 54.5 Å². The molecule has 3 aromatic rings. The Labute approximate surface area is 129 Å². The van der Waals surface area contributed by atoms with Gasteiger partial charge >= 0.3 is 0 Å². The molecule has 22 heavy (non-hydrogen) atoms. The SMILES string of the molecule is Cc1cc(N(C)CCCn2ccnc2)c2cc(F)ccc2n1. The molecule has 0 radical (unpaired) electrons. The van der Waals surface area contributed by atoms with Crippen molar-refractivity contribution in [2.24, 2.45) is 0 Å². The van der Waals surface area contributed by atoms with Gasteiger partial charge in [-0.2, -0.15) is 0 Å². The molecule has 0 amide bonds. The first-order valence-electron chi connectivity index (χ1n) is 7.37. The highest BCUT2D eigenvalue weighted by Gasteiger charge is 2.09. The van der Waals surface area contributed by atoms with E-state index >= 15 is 0 Å². The van der Waals surface area contributed by atoms with E-state index in [-0.39, 0.29) is 5.82 Å². The van der Waals surface area contributed by atoms with Crippen LogP contribution in [0.1, 0.15) is 12.1 Å². The first kappa shape index (κ1) is 14.5. The van der Waals surface area contributed by atoms with Gasteiger partial charge < -0.3 is 9.47 Å². The second-order valence-electron chi connectivity index (χ2n) is 5.52. The molecule has 0 aliphatic heterocycles. The summed E-state index contributed by atoms with van der Waals surface area (Å²) in [6.45, 7) is 3.76. The van der Waals surface area contributed by atoms with Crippen molar-refractivity contribution in [2.75, 3.05) is 18.5 Å². The van der Waals surface area contributed by atoms with Gasteiger partial charge in [-0.25, -0.2) is 9.37 Å². The Morgan fingerprint density at radius 1 is 1.27 bits per heavy atom. The van der Waals surface area contributed by atoms with Gasteiger partial charge in [0.1, 0.15) is 5.82 Å². The molecule has 0 spiro atoms. The number of aryl methyl sites for hydroxylation is 2. The number of hydrogen-bond donors (Lipinski definition) is 0. The van der Waals surface area contributed by atoms with Crippen LogP contribution in [0.3, 0.4) is 0 Å². The predicted molar refractivity (Wildman–Crippen MR) is 86.6 cm³/mol. The quantitative estimate of drug-likeness (QED) is 0.724. The van der Waals surface area contributed by atoms with Gasteiger partial charge in [0.25, 0.3) is 0 Å². The molecule has 3 rings (SSSR count). The Kier molecular flexibility index (Phi) is 4.04. The fraction of sp³-hybridized carbons (Fsp3) is 0.294. The summed E-state index contributed by atoms with van der Waals surface area (Å²) < 4.78 is 15.6. The van der Waals surface area contributed by atoms with Crippen LogP contribution in [0.4, 0.5) is 10.1 Å². The first-order valence-corrected chi connectivity index (χ1v) is 7.37. The first-order chi connectivity index (χ1) is 10.6. The molecular weight excluding hydrogens is 279 g/mol. The third kappa shape index (κ3) is 3.08. The van der Waals surface area contributed by atoms with Crippen LogP contribution < -0.4 is 4.90 Å². The molecule has 0 saturated heterocycles. The lowest BCUT2D eigenvalue weighted by Crippen LogP contribution is -2.20. The Balaban J connectivity index is 1.80. The summed E-state index contributed by atoms with van der Waals surface area (Å²) in [4.78, 5) is 10.7. The topological polar surface area (TPSA) is 34.0 Å². The summed E-state index contributed by atoms with van der Waals surface area (Å²) in [5, 5.41) is 0.857. The van der Waals surface area contributed by atoms with E-state index in [4.69, 9.17) is 0 Å². The molecule has 0 unspecified atom stereocenters. The molecule has 5 heteroatoms. The van der Waals surface area contributed by atoms with Crippen molar-refractivity contribution in [3.8, 4) is 0 Å². The number of halogens is 1. The molecule has 0 atom stereocenters. The van der Waals surface area contributed by atoms with E-state index in [1.165, 1.54) is 6.07 Å². The molecule has 2 aromatic heterocycles. The lowest BCUT2D eigenvalue weighted by molar-refractivity contribution is 0.629. The van der Waals surface area contributed by atoms with E-state index in [9.17, 15) is 4.39 Å². The van der Waals surface area contributed by atoms with Gasteiger partial charge in [0.15, 0.2) is 0 Å². The number of nitrogens with zero attached hydrogens (tertiary/aromatic N) is 4. The van der Waals surface area contributed by atoms with E-state index in [1.54, 1.807) is 18.3 Å². The van der Waals surface area contributed by atoms with Crippen LogP contribution in [-0.2, 0) is 6.54 Å². The van der Waals surface area contributed by atoms with Gasteiger partial charge in [-0.05, 0) is 37.6 Å². The van der Waals surface area contributed by atoms with Crippen molar-refractivity contribution >= 4 is 16.6 Å². The Morgan fingerprint density at radius 2 is 2.14 bits per heavy atom. The number of pyridine rings is 1. The van der Waals surface area contributed by atoms with E-state index in [1.807, 2.05) is 32.6 Å². The summed E-state index contributed by atoms with van der Waals surface area (Å²) in [5.74, 6) is -0.230. The molecule has 114 valence electrons. The van der Waals surface area contributed by atoms with E-state index < -0.39 is 0 Å². The molecular formula is C17H19FN4. The van der Waals surface area contributed by atoms with Crippen LogP contribution in [0.25, 0.3) is 10.9 Å². The molecule has 0 saturated carbocycles. The minimum absolute atomic E-state index is 0.230. The van der Waals surface area contributed by atoms with E-state index in [0.29, 0.717) is 0 Å².